The van der Waals surface area contributed by atoms with Crippen LogP contribution in [0.2, 0.25) is 0 Å². The van der Waals surface area contributed by atoms with Gasteiger partial charge in [0.05, 0.1) is 5.41 Å². The first-order valence-corrected chi connectivity index (χ1v) is 13.4. The second-order valence-electron chi connectivity index (χ2n) is 10.4. The largest absolute Gasteiger partial charge is 0.412 e. The number of nitrogens with zero attached hydrogens (tertiary/aromatic N) is 3. The van der Waals surface area contributed by atoms with Gasteiger partial charge in [-0.2, -0.15) is 18.2 Å². The van der Waals surface area contributed by atoms with Gasteiger partial charge >= 0.3 is 6.18 Å². The monoisotopic (exact) mass is 586 g/mol. The number of likely N-dealkylation sites (tertiary alicyclic amines) is 1. The normalized spacial score (nSPS) is 17.7. The number of carbonyl (C=O) groups is 2. The van der Waals surface area contributed by atoms with Gasteiger partial charge in [0.15, 0.2) is 0 Å². The smallest absolute Gasteiger partial charge is 0.340 e. The molecule has 1 fully saturated rings. The highest BCUT2D eigenvalue weighted by molar-refractivity contribution is 5.95. The van der Waals surface area contributed by atoms with Gasteiger partial charge in [0, 0.05) is 37.6 Å². The van der Waals surface area contributed by atoms with Gasteiger partial charge in [0.2, 0.25) is 17.6 Å². The first kappa shape index (κ1) is 29.2. The van der Waals surface area contributed by atoms with Gasteiger partial charge in [-0.1, -0.05) is 35.5 Å². The van der Waals surface area contributed by atoms with E-state index in [1.807, 2.05) is 0 Å². The molecule has 0 saturated carbocycles. The predicted octanol–water partition coefficient (Wildman–Crippen LogP) is 5.98. The number of halogens is 5. The zero-order chi connectivity index (χ0) is 30.1. The minimum Gasteiger partial charge on any atom is -0.340 e. The Morgan fingerprint density at radius 1 is 0.976 bits per heavy atom. The van der Waals surface area contributed by atoms with Crippen LogP contribution in [0.4, 0.5) is 22.0 Å². The van der Waals surface area contributed by atoms with Crippen LogP contribution >= 0.6 is 0 Å². The number of alkyl halides is 3. The topological polar surface area (TPSA) is 88.3 Å². The van der Waals surface area contributed by atoms with E-state index in [0.29, 0.717) is 28.4 Å². The van der Waals surface area contributed by atoms with Crippen LogP contribution in [0.25, 0.3) is 11.4 Å². The van der Waals surface area contributed by atoms with Crippen molar-refractivity contribution in [2.24, 2.45) is 0 Å². The SMILES string of the molecule is Cc1nc(-c2ccc(C(=O)N3CCC(C(=O)NC(C4=CC=C(F)CC4)C(F)(F)F)(c4ccc(F)cc4)CC3)cc2)no1. The fourth-order valence-electron chi connectivity index (χ4n) is 5.39. The van der Waals surface area contributed by atoms with E-state index >= 15 is 0 Å². The van der Waals surface area contributed by atoms with Crippen LogP contribution < -0.4 is 5.32 Å². The molecule has 2 amide bonds. The first-order chi connectivity index (χ1) is 20.0. The lowest BCUT2D eigenvalue weighted by Crippen LogP contribution is -2.57. The molecule has 0 bridgehead atoms. The highest BCUT2D eigenvalue weighted by Gasteiger charge is 2.49. The third-order valence-electron chi connectivity index (χ3n) is 7.76. The molecule has 1 atom stereocenters. The molecule has 1 saturated heterocycles. The molecule has 3 aromatic rings. The predicted molar refractivity (Wildman–Crippen MR) is 142 cm³/mol. The Bertz CT molecular complexity index is 1520. The van der Waals surface area contributed by atoms with E-state index in [4.69, 9.17) is 4.52 Å². The van der Waals surface area contributed by atoms with Crippen molar-refractivity contribution in [1.29, 1.82) is 0 Å². The van der Waals surface area contributed by atoms with Gasteiger partial charge in [0.1, 0.15) is 17.7 Å². The molecule has 2 aliphatic rings. The van der Waals surface area contributed by atoms with E-state index < -0.39 is 35.2 Å². The maximum Gasteiger partial charge on any atom is 0.412 e. The Kier molecular flexibility index (Phi) is 7.98. The van der Waals surface area contributed by atoms with Crippen molar-refractivity contribution in [3.05, 3.63) is 94.9 Å². The fraction of sp³-hybridized carbons (Fsp3) is 0.333. The Balaban J connectivity index is 1.37. The van der Waals surface area contributed by atoms with Crippen LogP contribution in [0.1, 0.15) is 47.5 Å². The Hall–Kier alpha value is -4.35. The quantitative estimate of drug-likeness (QED) is 0.359. The van der Waals surface area contributed by atoms with Gasteiger partial charge < -0.3 is 14.7 Å². The standard InChI is InChI=1S/C30H27F5N4O3/c1-18-36-26(38-42-18)20-2-4-21(5-3-20)27(40)39-16-14-29(15-17-39,22-8-12-24(32)13-9-22)28(41)37-25(30(33,34)35)19-6-10-23(31)11-7-19/h2-6,8-10,12-13,25H,7,11,14-17H2,1H3,(H,37,41). The molecule has 2 aromatic carbocycles. The van der Waals surface area contributed by atoms with Crippen LogP contribution in [-0.4, -0.2) is 52.2 Å². The van der Waals surface area contributed by atoms with Crippen molar-refractivity contribution >= 4 is 11.8 Å². The number of allylic oxidation sites excluding steroid dienone is 3. The number of rotatable bonds is 6. The Labute approximate surface area is 238 Å². The average Bonchev–Trinajstić information content (AvgIpc) is 3.42. The summed E-state index contributed by atoms with van der Waals surface area (Å²) in [6.07, 6.45) is -3.17. The third kappa shape index (κ3) is 5.97. The summed E-state index contributed by atoms with van der Waals surface area (Å²) in [7, 11) is 0. The number of hydrogen-bond donors (Lipinski definition) is 1. The zero-order valence-electron chi connectivity index (χ0n) is 22.5. The van der Waals surface area contributed by atoms with Gasteiger partial charge in [0.25, 0.3) is 5.91 Å². The number of piperidine rings is 1. The summed E-state index contributed by atoms with van der Waals surface area (Å²) in [5.74, 6) is -1.52. The number of nitrogens with one attached hydrogen (secondary N) is 1. The summed E-state index contributed by atoms with van der Waals surface area (Å²) < 4.78 is 74.6. The molecule has 42 heavy (non-hydrogen) atoms. The van der Waals surface area contributed by atoms with E-state index in [0.717, 1.165) is 24.3 Å². The summed E-state index contributed by atoms with van der Waals surface area (Å²) in [6.45, 7) is 1.80. The van der Waals surface area contributed by atoms with Crippen molar-refractivity contribution in [3.63, 3.8) is 0 Å². The molecule has 1 unspecified atom stereocenters. The van der Waals surface area contributed by atoms with Crippen molar-refractivity contribution in [3.8, 4) is 11.4 Å². The van der Waals surface area contributed by atoms with E-state index in [1.54, 1.807) is 31.2 Å². The van der Waals surface area contributed by atoms with E-state index in [2.05, 4.69) is 15.5 Å². The minimum absolute atomic E-state index is 0.00851. The lowest BCUT2D eigenvalue weighted by atomic mass is 9.71. The van der Waals surface area contributed by atoms with Crippen LogP contribution in [-0.2, 0) is 10.2 Å². The molecular formula is C30H27F5N4O3. The van der Waals surface area contributed by atoms with Crippen LogP contribution in [0, 0.1) is 12.7 Å². The first-order valence-electron chi connectivity index (χ1n) is 13.4. The molecule has 1 N–H and O–H groups in total. The highest BCUT2D eigenvalue weighted by atomic mass is 19.4. The molecule has 1 aliphatic carbocycles. The summed E-state index contributed by atoms with van der Waals surface area (Å²) in [5, 5.41) is 6.01. The number of amides is 2. The summed E-state index contributed by atoms with van der Waals surface area (Å²) >= 11 is 0. The lowest BCUT2D eigenvalue weighted by molar-refractivity contribution is -0.157. The van der Waals surface area contributed by atoms with E-state index in [1.165, 1.54) is 17.0 Å². The highest BCUT2D eigenvalue weighted by Crippen LogP contribution is 2.39. The maximum absolute atomic E-state index is 14.1. The van der Waals surface area contributed by atoms with Crippen LogP contribution in [0.5, 0.6) is 0 Å². The minimum atomic E-state index is -4.82. The zero-order valence-corrected chi connectivity index (χ0v) is 22.5. The molecular weight excluding hydrogens is 559 g/mol. The van der Waals surface area contributed by atoms with Gasteiger partial charge in [-0.3, -0.25) is 9.59 Å². The molecule has 0 spiro atoms. The Morgan fingerprint density at radius 3 is 2.19 bits per heavy atom. The number of carbonyl (C=O) groups excluding carboxylic acids is 2. The van der Waals surface area contributed by atoms with Crippen molar-refractivity contribution in [2.75, 3.05) is 13.1 Å². The molecule has 0 radical (unpaired) electrons. The lowest BCUT2D eigenvalue weighted by Gasteiger charge is -2.42. The summed E-state index contributed by atoms with van der Waals surface area (Å²) in [6, 6.07) is 9.32. The van der Waals surface area contributed by atoms with Crippen LogP contribution in [0.3, 0.4) is 0 Å². The van der Waals surface area contributed by atoms with Crippen LogP contribution in [0.15, 0.2) is 76.6 Å². The summed E-state index contributed by atoms with van der Waals surface area (Å²) in [4.78, 5) is 32.7. The number of benzene rings is 2. The maximum atomic E-state index is 14.1. The average molecular weight is 587 g/mol. The fourth-order valence-corrected chi connectivity index (χ4v) is 5.39. The molecule has 1 aromatic heterocycles. The number of hydrogen-bond acceptors (Lipinski definition) is 5. The molecule has 2 heterocycles. The Morgan fingerprint density at radius 2 is 1.64 bits per heavy atom. The number of aromatic nitrogens is 2. The molecule has 5 rings (SSSR count). The van der Waals surface area contributed by atoms with Crippen molar-refractivity contribution < 1.29 is 36.1 Å². The van der Waals surface area contributed by atoms with Crippen molar-refractivity contribution in [1.82, 2.24) is 20.4 Å². The van der Waals surface area contributed by atoms with Gasteiger partial charge in [-0.15, -0.1) is 0 Å². The van der Waals surface area contributed by atoms with Gasteiger partial charge in [-0.05, 0) is 60.7 Å². The summed E-state index contributed by atoms with van der Waals surface area (Å²) in [5.41, 5.74) is -0.236. The third-order valence-corrected chi connectivity index (χ3v) is 7.76. The second-order valence-corrected chi connectivity index (χ2v) is 10.4. The molecule has 1 aliphatic heterocycles. The van der Waals surface area contributed by atoms with E-state index in [-0.39, 0.29) is 50.3 Å². The van der Waals surface area contributed by atoms with Gasteiger partial charge in [-0.25, -0.2) is 8.78 Å². The van der Waals surface area contributed by atoms with Crippen molar-refractivity contribution in [2.45, 2.75) is 50.2 Å². The molecule has 12 heteroatoms. The number of aryl methyl sites for hydroxylation is 1. The second kappa shape index (κ2) is 11.5. The molecule has 220 valence electrons. The molecule has 7 nitrogen and oxygen atoms in total. The van der Waals surface area contributed by atoms with E-state index in [9.17, 15) is 31.5 Å².